The maximum atomic E-state index is 6.61. The van der Waals surface area contributed by atoms with Crippen molar-refractivity contribution in [1.82, 2.24) is 10.2 Å². The number of aliphatic imine (C=N–C) groups is 1. The van der Waals surface area contributed by atoms with Crippen molar-refractivity contribution in [3.63, 3.8) is 0 Å². The Morgan fingerprint density at radius 2 is 1.82 bits per heavy atom. The molecule has 0 saturated carbocycles. The van der Waals surface area contributed by atoms with Gasteiger partial charge in [-0.15, -0.1) is 0 Å². The highest BCUT2D eigenvalue weighted by Gasteiger charge is 2.30. The van der Waals surface area contributed by atoms with Gasteiger partial charge in [-0.3, -0.25) is 9.89 Å². The second-order valence-electron chi connectivity index (χ2n) is 8.79. The van der Waals surface area contributed by atoms with Gasteiger partial charge in [-0.25, -0.2) is 0 Å². The van der Waals surface area contributed by atoms with Crippen LogP contribution in [0.2, 0.25) is 15.1 Å². The summed E-state index contributed by atoms with van der Waals surface area (Å²) in [5.74, 6) is 1.55. The molecule has 1 N–H and O–H groups in total. The van der Waals surface area contributed by atoms with Gasteiger partial charge in [0.15, 0.2) is 0 Å². The molecule has 172 valence electrons. The zero-order chi connectivity index (χ0) is 22.8. The van der Waals surface area contributed by atoms with Crippen LogP contribution in [-0.2, 0) is 0 Å². The third-order valence-electron chi connectivity index (χ3n) is 6.57. The molecule has 2 aliphatic heterocycles. The average Bonchev–Trinajstić information content (AvgIpc) is 3.36. The number of piperazine rings is 1. The number of hydrogen-bond acceptors (Lipinski definition) is 4. The maximum Gasteiger partial charge on any atom is 0.128 e. The van der Waals surface area contributed by atoms with Gasteiger partial charge in [-0.2, -0.15) is 0 Å². The van der Waals surface area contributed by atoms with Gasteiger partial charge in [-0.05, 0) is 48.2 Å². The van der Waals surface area contributed by atoms with Gasteiger partial charge in [0.2, 0.25) is 0 Å². The van der Waals surface area contributed by atoms with Crippen LogP contribution in [0.25, 0.3) is 0 Å². The molecular weight excluding hydrogens is 475 g/mol. The summed E-state index contributed by atoms with van der Waals surface area (Å²) in [7, 11) is 0. The van der Waals surface area contributed by atoms with Crippen molar-refractivity contribution in [3.8, 4) is 0 Å². The lowest BCUT2D eigenvalue weighted by atomic mass is 9.94. The van der Waals surface area contributed by atoms with E-state index in [1.54, 1.807) is 0 Å². The lowest BCUT2D eigenvalue weighted by molar-refractivity contribution is 0.204. The van der Waals surface area contributed by atoms with Crippen molar-refractivity contribution in [2.75, 3.05) is 44.2 Å². The maximum absolute atomic E-state index is 6.61. The predicted octanol–water partition coefficient (Wildman–Crippen LogP) is 6.01. The summed E-state index contributed by atoms with van der Waals surface area (Å²) in [4.78, 5) is 9.51. The molecule has 0 amide bonds. The Balaban J connectivity index is 1.32. The van der Waals surface area contributed by atoms with Crippen LogP contribution in [0.4, 0.5) is 5.69 Å². The van der Waals surface area contributed by atoms with Gasteiger partial charge < -0.3 is 10.2 Å². The molecule has 0 bridgehead atoms. The van der Waals surface area contributed by atoms with Crippen LogP contribution in [0, 0.1) is 5.92 Å². The Morgan fingerprint density at radius 3 is 2.52 bits per heavy atom. The molecule has 2 aromatic carbocycles. The van der Waals surface area contributed by atoms with Crippen molar-refractivity contribution in [1.29, 1.82) is 0 Å². The molecule has 0 aromatic heterocycles. The molecular formula is C26H27Cl3N4. The van der Waals surface area contributed by atoms with E-state index in [9.17, 15) is 0 Å². The second kappa shape index (κ2) is 10.1. The van der Waals surface area contributed by atoms with Gasteiger partial charge >= 0.3 is 0 Å². The first-order chi connectivity index (χ1) is 16.1. The van der Waals surface area contributed by atoms with Crippen molar-refractivity contribution in [2.24, 2.45) is 10.9 Å². The molecule has 1 saturated heterocycles. The second-order valence-corrected chi connectivity index (χ2v) is 10.1. The number of anilines is 1. The first kappa shape index (κ1) is 22.8. The van der Waals surface area contributed by atoms with E-state index in [2.05, 4.69) is 50.5 Å². The molecule has 33 heavy (non-hydrogen) atoms. The number of nitrogens with one attached hydrogen (secondary N) is 1. The highest BCUT2D eigenvalue weighted by Crippen LogP contribution is 2.37. The predicted molar refractivity (Wildman–Crippen MR) is 140 cm³/mol. The van der Waals surface area contributed by atoms with Crippen LogP contribution < -0.4 is 10.2 Å². The van der Waals surface area contributed by atoms with E-state index in [0.717, 1.165) is 62.2 Å². The topological polar surface area (TPSA) is 30.9 Å². The molecule has 3 aliphatic rings. The highest BCUT2D eigenvalue weighted by atomic mass is 35.5. The van der Waals surface area contributed by atoms with Crippen LogP contribution in [0.15, 0.2) is 71.3 Å². The van der Waals surface area contributed by atoms with Crippen LogP contribution in [0.1, 0.15) is 18.0 Å². The Morgan fingerprint density at radius 1 is 1.00 bits per heavy atom. The van der Waals surface area contributed by atoms with E-state index in [0.29, 0.717) is 16.0 Å². The Bertz CT molecular complexity index is 1090. The molecule has 0 radical (unpaired) electrons. The molecule has 0 spiro atoms. The third-order valence-corrected chi connectivity index (χ3v) is 7.36. The van der Waals surface area contributed by atoms with Gasteiger partial charge in [0.05, 0.1) is 23.3 Å². The monoisotopic (exact) mass is 500 g/mol. The normalized spacial score (nSPS) is 23.3. The fourth-order valence-electron chi connectivity index (χ4n) is 4.88. The van der Waals surface area contributed by atoms with E-state index >= 15 is 0 Å². The van der Waals surface area contributed by atoms with E-state index < -0.39 is 0 Å². The molecule has 4 nitrogen and oxygen atoms in total. The van der Waals surface area contributed by atoms with Crippen molar-refractivity contribution >= 4 is 46.3 Å². The Kier molecular flexibility index (Phi) is 6.98. The highest BCUT2D eigenvalue weighted by molar-refractivity contribution is 6.36. The van der Waals surface area contributed by atoms with E-state index in [-0.39, 0.29) is 6.04 Å². The Labute approximate surface area is 210 Å². The number of allylic oxidation sites excluding steroid dienone is 1. The number of nitrogens with zero attached hydrogens (tertiary/aromatic N) is 3. The van der Waals surface area contributed by atoms with Gasteiger partial charge in [0, 0.05) is 48.3 Å². The standard InChI is InChI=1S/C26H27Cl3N4/c27-21-7-5-19(6-8-21)25-17-32(13-14-33(25)24-10-9-22(28)15-23(24)29)16-18-1-3-20(4-2-18)26-30-11-12-31-26/h1,3-10,15,18,25H,2,11-14,16-17H2,(H,30,31)/t18?,25-/m0/s1. The Hall–Kier alpha value is -1.98. The van der Waals surface area contributed by atoms with Crippen LogP contribution in [0.3, 0.4) is 0 Å². The molecule has 5 rings (SSSR count). The fraction of sp³-hybridized carbons (Fsp3) is 0.346. The first-order valence-electron chi connectivity index (χ1n) is 11.4. The lowest BCUT2D eigenvalue weighted by Gasteiger charge is -2.44. The molecule has 7 heteroatoms. The average molecular weight is 502 g/mol. The SMILES string of the molecule is Clc1ccc([C@@H]2CN(CC3C=CC(C4=NCCN4)=CC3)CCN2c2ccc(Cl)cc2Cl)cc1. The summed E-state index contributed by atoms with van der Waals surface area (Å²) < 4.78 is 0. The minimum absolute atomic E-state index is 0.186. The zero-order valence-electron chi connectivity index (χ0n) is 18.4. The number of hydrogen-bond donors (Lipinski definition) is 1. The summed E-state index contributed by atoms with van der Waals surface area (Å²) in [6.07, 6.45) is 7.94. The van der Waals surface area contributed by atoms with E-state index in [1.165, 1.54) is 11.1 Å². The van der Waals surface area contributed by atoms with E-state index in [1.807, 2.05) is 30.3 Å². The smallest absolute Gasteiger partial charge is 0.128 e. The quantitative estimate of drug-likeness (QED) is 0.544. The van der Waals surface area contributed by atoms with Crippen molar-refractivity contribution in [3.05, 3.63) is 86.9 Å². The zero-order valence-corrected chi connectivity index (χ0v) is 20.6. The summed E-state index contributed by atoms with van der Waals surface area (Å²) in [6.45, 7) is 5.66. The molecule has 1 unspecified atom stereocenters. The number of benzene rings is 2. The van der Waals surface area contributed by atoms with Gasteiger partial charge in [-0.1, -0.05) is 65.2 Å². The molecule has 2 heterocycles. The summed E-state index contributed by atoms with van der Waals surface area (Å²) in [5.41, 5.74) is 3.49. The minimum atomic E-state index is 0.186. The summed E-state index contributed by atoms with van der Waals surface area (Å²) in [5, 5.41) is 5.45. The first-order valence-corrected chi connectivity index (χ1v) is 12.6. The van der Waals surface area contributed by atoms with Crippen LogP contribution in [0.5, 0.6) is 0 Å². The third kappa shape index (κ3) is 5.25. The number of amidine groups is 1. The van der Waals surface area contributed by atoms with Gasteiger partial charge in [0.25, 0.3) is 0 Å². The van der Waals surface area contributed by atoms with Crippen LogP contribution in [-0.4, -0.2) is 50.0 Å². The van der Waals surface area contributed by atoms with E-state index in [4.69, 9.17) is 34.8 Å². The minimum Gasteiger partial charge on any atom is -0.368 e. The van der Waals surface area contributed by atoms with Crippen LogP contribution >= 0.6 is 34.8 Å². The largest absolute Gasteiger partial charge is 0.368 e. The number of rotatable bonds is 5. The fourth-order valence-corrected chi connectivity index (χ4v) is 5.52. The summed E-state index contributed by atoms with van der Waals surface area (Å²) >= 11 is 18.9. The lowest BCUT2D eigenvalue weighted by Crippen LogP contribution is -2.49. The number of halogens is 3. The van der Waals surface area contributed by atoms with Gasteiger partial charge in [0.1, 0.15) is 5.84 Å². The summed E-state index contributed by atoms with van der Waals surface area (Å²) in [6, 6.07) is 14.1. The van der Waals surface area contributed by atoms with Crippen molar-refractivity contribution in [2.45, 2.75) is 12.5 Å². The van der Waals surface area contributed by atoms with Crippen molar-refractivity contribution < 1.29 is 0 Å². The molecule has 1 fully saturated rings. The molecule has 2 aromatic rings. The molecule has 1 aliphatic carbocycles. The molecule has 2 atom stereocenters.